The van der Waals surface area contributed by atoms with Crippen LogP contribution in [0.2, 0.25) is 0 Å². The number of aldehydes is 1. The van der Waals surface area contributed by atoms with E-state index in [1.54, 1.807) is 42.9 Å². The van der Waals surface area contributed by atoms with Gasteiger partial charge in [-0.25, -0.2) is 4.98 Å². The molecule has 1 N–H and O–H groups in total. The molecule has 114 valence electrons. The smallest absolute Gasteiger partial charge is 0.255 e. The quantitative estimate of drug-likeness (QED) is 0.737. The Balaban J connectivity index is 1.78. The van der Waals surface area contributed by atoms with Crippen molar-refractivity contribution >= 4 is 17.9 Å². The number of amides is 1. The van der Waals surface area contributed by atoms with E-state index in [1.165, 1.54) is 0 Å². The number of nitrogens with zero attached hydrogens (tertiary/aromatic N) is 2. The van der Waals surface area contributed by atoms with Crippen LogP contribution in [0.25, 0.3) is 0 Å². The zero-order chi connectivity index (χ0) is 16.1. The van der Waals surface area contributed by atoms with Gasteiger partial charge in [-0.1, -0.05) is 24.3 Å². The molecule has 0 fully saturated rings. The van der Waals surface area contributed by atoms with Crippen molar-refractivity contribution in [3.63, 3.8) is 0 Å². The van der Waals surface area contributed by atoms with Crippen LogP contribution in [0.1, 0.15) is 26.3 Å². The second-order valence-corrected chi connectivity index (χ2v) is 5.09. The van der Waals surface area contributed by atoms with E-state index in [0.29, 0.717) is 23.4 Å². The van der Waals surface area contributed by atoms with Gasteiger partial charge in [-0.3, -0.25) is 9.59 Å². The lowest BCUT2D eigenvalue weighted by Crippen LogP contribution is -2.13. The predicted octanol–water partition coefficient (Wildman–Crippen LogP) is 3.00. The van der Waals surface area contributed by atoms with Crippen molar-refractivity contribution < 1.29 is 9.59 Å². The minimum atomic E-state index is -0.244. The van der Waals surface area contributed by atoms with Crippen LogP contribution in [0.3, 0.4) is 0 Å². The molecule has 2 aromatic carbocycles. The molecule has 0 saturated carbocycles. The minimum absolute atomic E-state index is 0.244. The summed E-state index contributed by atoms with van der Waals surface area (Å²) in [7, 11) is 0. The lowest BCUT2D eigenvalue weighted by Gasteiger charge is -2.09. The van der Waals surface area contributed by atoms with Gasteiger partial charge in [0.05, 0.1) is 12.0 Å². The van der Waals surface area contributed by atoms with Gasteiger partial charge in [-0.2, -0.15) is 0 Å². The highest BCUT2D eigenvalue weighted by Crippen LogP contribution is 2.15. The number of para-hydroxylation sites is 1. The van der Waals surface area contributed by atoms with Crippen LogP contribution in [0.4, 0.5) is 5.69 Å². The molecule has 1 amide bonds. The Hall–Kier alpha value is -3.21. The molecule has 1 heterocycles. The van der Waals surface area contributed by atoms with Crippen molar-refractivity contribution in [2.24, 2.45) is 0 Å². The van der Waals surface area contributed by atoms with Crippen LogP contribution < -0.4 is 5.32 Å². The van der Waals surface area contributed by atoms with Gasteiger partial charge >= 0.3 is 0 Å². The minimum Gasteiger partial charge on any atom is -0.333 e. The first-order chi connectivity index (χ1) is 11.3. The standard InChI is InChI=1S/C18H15N3O2/c22-12-16-5-1-2-7-17(16)20-18(23)15-6-3-4-14(10-15)11-21-9-8-19-13-21/h1-10,12-13H,11H2,(H,20,23). The summed E-state index contributed by atoms with van der Waals surface area (Å²) < 4.78 is 1.93. The first-order valence-electron chi connectivity index (χ1n) is 7.16. The van der Waals surface area contributed by atoms with Gasteiger partial charge in [0.2, 0.25) is 0 Å². The van der Waals surface area contributed by atoms with E-state index in [4.69, 9.17) is 0 Å². The number of carbonyl (C=O) groups excluding carboxylic acids is 2. The van der Waals surface area contributed by atoms with Gasteiger partial charge < -0.3 is 9.88 Å². The third kappa shape index (κ3) is 3.52. The molecule has 0 radical (unpaired) electrons. The van der Waals surface area contributed by atoms with Crippen LogP contribution >= 0.6 is 0 Å². The molecule has 0 atom stereocenters. The molecule has 0 aliphatic heterocycles. The molecule has 3 rings (SSSR count). The Morgan fingerprint density at radius 3 is 2.83 bits per heavy atom. The van der Waals surface area contributed by atoms with Gasteiger partial charge in [-0.05, 0) is 29.8 Å². The molecule has 5 nitrogen and oxygen atoms in total. The largest absolute Gasteiger partial charge is 0.333 e. The van der Waals surface area contributed by atoms with E-state index in [0.717, 1.165) is 11.8 Å². The third-order valence-electron chi connectivity index (χ3n) is 3.45. The number of hydrogen-bond donors (Lipinski definition) is 1. The average Bonchev–Trinajstić information content (AvgIpc) is 3.08. The maximum Gasteiger partial charge on any atom is 0.255 e. The molecule has 0 bridgehead atoms. The summed E-state index contributed by atoms with van der Waals surface area (Å²) in [5.74, 6) is -0.244. The number of aromatic nitrogens is 2. The van der Waals surface area contributed by atoms with Crippen molar-refractivity contribution in [3.05, 3.63) is 83.9 Å². The van der Waals surface area contributed by atoms with Crippen molar-refractivity contribution in [1.82, 2.24) is 9.55 Å². The summed E-state index contributed by atoms with van der Waals surface area (Å²) >= 11 is 0. The summed E-state index contributed by atoms with van der Waals surface area (Å²) in [6.07, 6.45) is 6.04. The normalized spacial score (nSPS) is 10.3. The second kappa shape index (κ2) is 6.70. The molecule has 1 aromatic heterocycles. The number of anilines is 1. The number of rotatable bonds is 5. The van der Waals surface area contributed by atoms with E-state index in [-0.39, 0.29) is 5.91 Å². The summed E-state index contributed by atoms with van der Waals surface area (Å²) in [5.41, 5.74) is 2.51. The van der Waals surface area contributed by atoms with Crippen molar-refractivity contribution in [2.75, 3.05) is 5.32 Å². The number of nitrogens with one attached hydrogen (secondary N) is 1. The van der Waals surface area contributed by atoms with Gasteiger partial charge in [-0.15, -0.1) is 0 Å². The Bertz CT molecular complexity index is 826. The van der Waals surface area contributed by atoms with Gasteiger partial charge in [0.15, 0.2) is 6.29 Å². The molecule has 0 unspecified atom stereocenters. The van der Waals surface area contributed by atoms with Crippen molar-refractivity contribution in [1.29, 1.82) is 0 Å². The van der Waals surface area contributed by atoms with Crippen molar-refractivity contribution in [2.45, 2.75) is 6.54 Å². The second-order valence-electron chi connectivity index (χ2n) is 5.09. The Morgan fingerprint density at radius 2 is 2.04 bits per heavy atom. The fourth-order valence-electron chi connectivity index (χ4n) is 2.31. The predicted molar refractivity (Wildman–Crippen MR) is 87.6 cm³/mol. The van der Waals surface area contributed by atoms with E-state index < -0.39 is 0 Å². The SMILES string of the molecule is O=Cc1ccccc1NC(=O)c1cccc(Cn2ccnc2)c1. The monoisotopic (exact) mass is 305 g/mol. The summed E-state index contributed by atoms with van der Waals surface area (Å²) in [4.78, 5) is 27.4. The molecule has 0 saturated heterocycles. The number of benzene rings is 2. The van der Waals surface area contributed by atoms with Crippen molar-refractivity contribution in [3.8, 4) is 0 Å². The lowest BCUT2D eigenvalue weighted by molar-refractivity contribution is 0.102. The lowest BCUT2D eigenvalue weighted by atomic mass is 10.1. The third-order valence-corrected chi connectivity index (χ3v) is 3.45. The Morgan fingerprint density at radius 1 is 1.17 bits per heavy atom. The van der Waals surface area contributed by atoms with E-state index >= 15 is 0 Å². The first-order valence-corrected chi connectivity index (χ1v) is 7.16. The van der Waals surface area contributed by atoms with Crippen LogP contribution in [-0.4, -0.2) is 21.7 Å². The molecular formula is C18H15N3O2. The van der Waals surface area contributed by atoms with Crippen LogP contribution in [0, 0.1) is 0 Å². The van der Waals surface area contributed by atoms with E-state index in [9.17, 15) is 9.59 Å². The molecule has 0 spiro atoms. The average molecular weight is 305 g/mol. The topological polar surface area (TPSA) is 64.0 Å². The number of hydrogen-bond acceptors (Lipinski definition) is 3. The fourth-order valence-corrected chi connectivity index (χ4v) is 2.31. The molecule has 0 aliphatic carbocycles. The van der Waals surface area contributed by atoms with E-state index in [2.05, 4.69) is 10.3 Å². The highest BCUT2D eigenvalue weighted by molar-refractivity contribution is 6.06. The molecule has 23 heavy (non-hydrogen) atoms. The summed E-state index contributed by atoms with van der Waals surface area (Å²) in [5, 5.41) is 2.77. The molecule has 0 aliphatic rings. The molecular weight excluding hydrogens is 290 g/mol. The van der Waals surface area contributed by atoms with E-state index in [1.807, 2.05) is 29.0 Å². The Kier molecular flexibility index (Phi) is 4.29. The van der Waals surface area contributed by atoms with Crippen LogP contribution in [0.15, 0.2) is 67.3 Å². The summed E-state index contributed by atoms with van der Waals surface area (Å²) in [6, 6.07) is 14.3. The summed E-state index contributed by atoms with van der Waals surface area (Å²) in [6.45, 7) is 0.645. The fraction of sp³-hybridized carbons (Fsp3) is 0.0556. The van der Waals surface area contributed by atoms with Gasteiger partial charge in [0, 0.05) is 30.1 Å². The molecule has 5 heteroatoms. The Labute approximate surface area is 133 Å². The number of imidazole rings is 1. The van der Waals surface area contributed by atoms with Gasteiger partial charge in [0.25, 0.3) is 5.91 Å². The van der Waals surface area contributed by atoms with Crippen LogP contribution in [-0.2, 0) is 6.54 Å². The zero-order valence-corrected chi connectivity index (χ0v) is 12.3. The number of carbonyl (C=O) groups is 2. The zero-order valence-electron chi connectivity index (χ0n) is 12.3. The maximum absolute atomic E-state index is 12.4. The van der Waals surface area contributed by atoms with Crippen LogP contribution in [0.5, 0.6) is 0 Å². The first kappa shape index (κ1) is 14.7. The molecule has 3 aromatic rings. The van der Waals surface area contributed by atoms with Gasteiger partial charge in [0.1, 0.15) is 0 Å². The highest BCUT2D eigenvalue weighted by Gasteiger charge is 2.09. The maximum atomic E-state index is 12.4. The highest BCUT2D eigenvalue weighted by atomic mass is 16.1.